The molecule has 1 aromatic rings. The Morgan fingerprint density at radius 2 is 1.91 bits per heavy atom. The van der Waals surface area contributed by atoms with E-state index in [1.165, 1.54) is 19.9 Å². The van der Waals surface area contributed by atoms with Crippen LogP contribution in [-0.4, -0.2) is 17.3 Å². The summed E-state index contributed by atoms with van der Waals surface area (Å²) < 4.78 is 65.2. The van der Waals surface area contributed by atoms with E-state index in [4.69, 9.17) is 0 Å². The molecule has 128 valence electrons. The number of carbonyl (C=O) groups is 1. The number of aliphatic carboxylic acids is 1. The highest BCUT2D eigenvalue weighted by atomic mass is 19.4. The van der Waals surface area contributed by atoms with Crippen LogP contribution in [-0.2, 0) is 4.79 Å². The number of hydrogen-bond acceptors (Lipinski definition) is 1. The third-order valence-corrected chi connectivity index (χ3v) is 4.64. The van der Waals surface area contributed by atoms with Crippen LogP contribution in [0.2, 0.25) is 0 Å². The minimum absolute atomic E-state index is 0.0324. The second-order valence-electron chi connectivity index (χ2n) is 6.64. The van der Waals surface area contributed by atoms with E-state index in [0.717, 1.165) is 6.07 Å². The summed E-state index contributed by atoms with van der Waals surface area (Å²) in [6.45, 7) is 2.71. The molecular weight excluding hydrogens is 319 g/mol. The lowest BCUT2D eigenvalue weighted by atomic mass is 9.82. The number of carboxylic acids is 1. The van der Waals surface area contributed by atoms with Crippen molar-refractivity contribution in [1.29, 1.82) is 0 Å². The number of carboxylic acid groups (broad SMARTS) is 1. The Kier molecular flexibility index (Phi) is 4.43. The summed E-state index contributed by atoms with van der Waals surface area (Å²) in [5.41, 5.74) is -1.01. The quantitative estimate of drug-likeness (QED) is 0.804. The highest BCUT2D eigenvalue weighted by molar-refractivity contribution is 5.72. The van der Waals surface area contributed by atoms with Crippen molar-refractivity contribution in [2.45, 2.75) is 45.2 Å². The molecule has 1 aromatic carbocycles. The summed E-state index contributed by atoms with van der Waals surface area (Å²) in [6.07, 6.45) is -5.68. The monoisotopic (exact) mass is 336 g/mol. The zero-order valence-corrected chi connectivity index (χ0v) is 12.7. The fraction of sp³-hybridized carbons (Fsp3) is 0.562. The molecule has 3 atom stereocenters. The third kappa shape index (κ3) is 3.64. The maximum absolute atomic E-state index is 13.7. The van der Waals surface area contributed by atoms with E-state index >= 15 is 0 Å². The van der Waals surface area contributed by atoms with Gasteiger partial charge in [-0.25, -0.2) is 8.78 Å². The number of hydrogen-bond donors (Lipinski definition) is 1. The van der Waals surface area contributed by atoms with E-state index in [9.17, 15) is 31.9 Å². The van der Waals surface area contributed by atoms with Gasteiger partial charge in [-0.15, -0.1) is 0 Å². The van der Waals surface area contributed by atoms with Gasteiger partial charge in [0.05, 0.1) is 5.92 Å². The standard InChI is InChI=1S/C16H17F5O2/c1-8-9(3-4-12(17)13(8)18)10-5-15(2,7-16(19,20)21)6-11(10)14(22)23/h3-4,10-11H,5-7H2,1-2H3,(H,22,23)/t10-,11?,15?/m0/s1. The van der Waals surface area contributed by atoms with Crippen LogP contribution in [0.4, 0.5) is 22.0 Å². The molecule has 1 aliphatic carbocycles. The molecule has 2 nitrogen and oxygen atoms in total. The average molecular weight is 336 g/mol. The van der Waals surface area contributed by atoms with Crippen molar-refractivity contribution in [2.24, 2.45) is 11.3 Å². The van der Waals surface area contributed by atoms with Crippen LogP contribution < -0.4 is 0 Å². The molecule has 0 heterocycles. The maximum Gasteiger partial charge on any atom is 0.389 e. The molecule has 7 heteroatoms. The first-order chi connectivity index (χ1) is 10.4. The maximum atomic E-state index is 13.7. The first-order valence-corrected chi connectivity index (χ1v) is 7.17. The predicted octanol–water partition coefficient (Wildman–Crippen LogP) is 4.81. The van der Waals surface area contributed by atoms with Gasteiger partial charge in [0.2, 0.25) is 0 Å². The summed E-state index contributed by atoms with van der Waals surface area (Å²) in [5, 5.41) is 9.34. The van der Waals surface area contributed by atoms with Gasteiger partial charge in [-0.1, -0.05) is 13.0 Å². The van der Waals surface area contributed by atoms with E-state index in [-0.39, 0.29) is 24.0 Å². The minimum Gasteiger partial charge on any atom is -0.481 e. The van der Waals surface area contributed by atoms with E-state index in [2.05, 4.69) is 0 Å². The second-order valence-corrected chi connectivity index (χ2v) is 6.64. The second kappa shape index (κ2) is 5.76. The number of halogens is 5. The Labute approximate surface area is 130 Å². The normalized spacial score (nSPS) is 28.1. The fourth-order valence-electron chi connectivity index (χ4n) is 3.71. The van der Waals surface area contributed by atoms with Crippen molar-refractivity contribution in [3.8, 4) is 0 Å². The molecule has 0 bridgehead atoms. The molecule has 1 N–H and O–H groups in total. The van der Waals surface area contributed by atoms with Crippen molar-refractivity contribution >= 4 is 5.97 Å². The highest BCUT2D eigenvalue weighted by Gasteiger charge is 2.51. The summed E-state index contributed by atoms with van der Waals surface area (Å²) in [4.78, 5) is 11.5. The van der Waals surface area contributed by atoms with Gasteiger partial charge in [0.25, 0.3) is 0 Å². The number of rotatable bonds is 3. The molecule has 0 radical (unpaired) electrons. The summed E-state index contributed by atoms with van der Waals surface area (Å²) >= 11 is 0. The molecule has 2 unspecified atom stereocenters. The molecule has 23 heavy (non-hydrogen) atoms. The van der Waals surface area contributed by atoms with Gasteiger partial charge >= 0.3 is 12.1 Å². The van der Waals surface area contributed by atoms with Crippen LogP contribution >= 0.6 is 0 Å². The average Bonchev–Trinajstić information content (AvgIpc) is 2.71. The van der Waals surface area contributed by atoms with Crippen molar-refractivity contribution in [2.75, 3.05) is 0 Å². The lowest BCUT2D eigenvalue weighted by molar-refractivity contribution is -0.157. The first-order valence-electron chi connectivity index (χ1n) is 7.17. The molecule has 1 fully saturated rings. The van der Waals surface area contributed by atoms with E-state index in [1.54, 1.807) is 0 Å². The number of benzene rings is 1. The fourth-order valence-corrected chi connectivity index (χ4v) is 3.71. The van der Waals surface area contributed by atoms with Gasteiger partial charge in [0.15, 0.2) is 11.6 Å². The third-order valence-electron chi connectivity index (χ3n) is 4.64. The van der Waals surface area contributed by atoms with Crippen molar-refractivity contribution in [3.63, 3.8) is 0 Å². The van der Waals surface area contributed by atoms with Gasteiger partial charge in [-0.3, -0.25) is 4.79 Å². The first kappa shape index (κ1) is 17.7. The summed E-state index contributed by atoms with van der Waals surface area (Å²) in [6, 6.07) is 2.16. The van der Waals surface area contributed by atoms with Crippen LogP contribution in [0, 0.1) is 29.9 Å². The zero-order chi connectivity index (χ0) is 17.6. The van der Waals surface area contributed by atoms with Crippen LogP contribution in [0.25, 0.3) is 0 Å². The van der Waals surface area contributed by atoms with Gasteiger partial charge < -0.3 is 5.11 Å². The van der Waals surface area contributed by atoms with Gasteiger partial charge in [-0.2, -0.15) is 13.2 Å². The van der Waals surface area contributed by atoms with Crippen LogP contribution in [0.5, 0.6) is 0 Å². The molecule has 0 aliphatic heterocycles. The molecule has 1 saturated carbocycles. The minimum atomic E-state index is -4.41. The van der Waals surface area contributed by atoms with E-state index < -0.39 is 47.5 Å². The van der Waals surface area contributed by atoms with Gasteiger partial charge in [0.1, 0.15) is 0 Å². The molecule has 0 amide bonds. The topological polar surface area (TPSA) is 37.3 Å². The molecule has 0 spiro atoms. The largest absolute Gasteiger partial charge is 0.481 e. The van der Waals surface area contributed by atoms with Gasteiger partial charge in [-0.05, 0) is 48.3 Å². The van der Waals surface area contributed by atoms with E-state index in [1.807, 2.05) is 0 Å². The Morgan fingerprint density at radius 3 is 2.43 bits per heavy atom. The molecule has 0 saturated heterocycles. The van der Waals surface area contributed by atoms with Crippen LogP contribution in [0.15, 0.2) is 12.1 Å². The zero-order valence-electron chi connectivity index (χ0n) is 12.7. The summed E-state index contributed by atoms with van der Waals surface area (Å²) in [7, 11) is 0. The van der Waals surface area contributed by atoms with E-state index in [0.29, 0.717) is 0 Å². The Morgan fingerprint density at radius 1 is 1.30 bits per heavy atom. The van der Waals surface area contributed by atoms with Crippen molar-refractivity contribution < 1.29 is 31.9 Å². The SMILES string of the molecule is Cc1c([C@@H]2CC(C)(CC(F)(F)F)CC2C(=O)O)ccc(F)c1F. The van der Waals surface area contributed by atoms with Crippen molar-refractivity contribution in [3.05, 3.63) is 34.9 Å². The lowest BCUT2D eigenvalue weighted by Crippen LogP contribution is -2.23. The smallest absolute Gasteiger partial charge is 0.389 e. The molecular formula is C16H17F5O2. The van der Waals surface area contributed by atoms with Gasteiger partial charge in [0, 0.05) is 6.42 Å². The van der Waals surface area contributed by atoms with Crippen molar-refractivity contribution in [1.82, 2.24) is 0 Å². The molecule has 1 aliphatic rings. The highest BCUT2D eigenvalue weighted by Crippen LogP contribution is 2.55. The number of alkyl halides is 3. The Bertz CT molecular complexity index is 626. The molecule has 0 aromatic heterocycles. The Balaban J connectivity index is 2.41. The predicted molar refractivity (Wildman–Crippen MR) is 73.0 cm³/mol. The lowest BCUT2D eigenvalue weighted by Gasteiger charge is -2.25. The Hall–Kier alpha value is -1.66. The molecule has 2 rings (SSSR count). The van der Waals surface area contributed by atoms with Crippen LogP contribution in [0.1, 0.15) is 43.2 Å². The summed E-state index contributed by atoms with van der Waals surface area (Å²) in [5.74, 6) is -5.18. The van der Waals surface area contributed by atoms with Crippen LogP contribution in [0.3, 0.4) is 0 Å².